The van der Waals surface area contributed by atoms with E-state index in [0.717, 1.165) is 22.3 Å². The van der Waals surface area contributed by atoms with E-state index in [1.54, 1.807) is 37.5 Å². The van der Waals surface area contributed by atoms with Gasteiger partial charge in [-0.1, -0.05) is 30.3 Å². The number of nitrogens with zero attached hydrogens (tertiary/aromatic N) is 5. The maximum Gasteiger partial charge on any atom is 0.247 e. The van der Waals surface area contributed by atoms with Crippen molar-refractivity contribution in [1.29, 1.82) is 0 Å². The summed E-state index contributed by atoms with van der Waals surface area (Å²) < 4.78 is 55.8. The first-order chi connectivity index (χ1) is 22.8. The highest BCUT2D eigenvalue weighted by molar-refractivity contribution is 7.90. The van der Waals surface area contributed by atoms with Gasteiger partial charge in [-0.15, -0.1) is 0 Å². The molecule has 14 heteroatoms. The topological polar surface area (TPSA) is 144 Å². The number of hydrogen-bond acceptors (Lipinski definition) is 8. The molecule has 2 amide bonds. The molecule has 0 unspecified atom stereocenters. The van der Waals surface area contributed by atoms with Crippen molar-refractivity contribution < 1.29 is 31.6 Å². The van der Waals surface area contributed by atoms with Crippen molar-refractivity contribution in [2.75, 3.05) is 18.1 Å². The predicted octanol–water partition coefficient (Wildman–Crippen LogP) is 4.79. The van der Waals surface area contributed by atoms with Crippen LogP contribution in [0, 0.1) is 12.7 Å². The number of aromatic nitrogens is 4. The first-order valence-electron chi connectivity index (χ1n) is 14.9. The molecule has 1 fully saturated rings. The van der Waals surface area contributed by atoms with Gasteiger partial charge >= 0.3 is 0 Å². The van der Waals surface area contributed by atoms with Crippen LogP contribution in [0.25, 0.3) is 33.2 Å². The zero-order valence-electron chi connectivity index (χ0n) is 26.1. The van der Waals surface area contributed by atoms with Crippen LogP contribution in [0.1, 0.15) is 29.7 Å². The molecule has 1 saturated heterocycles. The molecule has 1 aliphatic rings. The third kappa shape index (κ3) is 6.43. The lowest BCUT2D eigenvalue weighted by molar-refractivity contribution is -0.137. The number of amides is 2. The van der Waals surface area contributed by atoms with E-state index in [0.29, 0.717) is 16.7 Å². The number of sulfone groups is 1. The van der Waals surface area contributed by atoms with Crippen LogP contribution < -0.4 is 5.32 Å². The lowest BCUT2D eigenvalue weighted by Crippen LogP contribution is -2.44. The van der Waals surface area contributed by atoms with Crippen LogP contribution in [0.3, 0.4) is 0 Å². The van der Waals surface area contributed by atoms with Gasteiger partial charge in [0.15, 0.2) is 21.4 Å². The Balaban J connectivity index is 1.24. The Morgan fingerprint density at radius 1 is 0.979 bits per heavy atom. The number of ketones is 1. The minimum atomic E-state index is -3.55. The number of aryl methyl sites for hydroxylation is 1. The summed E-state index contributed by atoms with van der Waals surface area (Å²) in [5.74, 6) is -1.93. The maximum atomic E-state index is 15.7. The summed E-state index contributed by atoms with van der Waals surface area (Å²) in [6.07, 6.45) is 2.57. The van der Waals surface area contributed by atoms with Crippen molar-refractivity contribution in [3.05, 3.63) is 90.4 Å². The lowest BCUT2D eigenvalue weighted by atomic mass is 10.0. The number of anilines is 1. The van der Waals surface area contributed by atoms with Crippen molar-refractivity contribution in [1.82, 2.24) is 24.6 Å². The fraction of sp³-hybridized carbons (Fsp3) is 0.235. The number of nitrogens with one attached hydrogen (secondary N) is 1. The Labute approximate surface area is 274 Å². The summed E-state index contributed by atoms with van der Waals surface area (Å²) in [6, 6.07) is 14.0. The molecule has 2 atom stereocenters. The highest BCUT2D eigenvalue weighted by Crippen LogP contribution is 2.31. The summed E-state index contributed by atoms with van der Waals surface area (Å²) in [5, 5.41) is 7.37. The van der Waals surface area contributed by atoms with Crippen molar-refractivity contribution in [3.8, 4) is 22.3 Å². The normalized spacial score (nSPS) is 16.3. The number of hydrogen-bond donors (Lipinski definition) is 1. The number of halogens is 2. The molecule has 0 spiro atoms. The van der Waals surface area contributed by atoms with E-state index in [-0.39, 0.29) is 52.7 Å². The highest BCUT2D eigenvalue weighted by Gasteiger charge is 2.40. The standard InChI is InChI=1S/C34H30F2N6O5S/c1-19(43)33-27-13-21(23-15-37-20(2)38-16-23)10-11-29(27)42(40-33)18-31(44)41-17-24(35)14-30(41)34(45)39-28-9-5-8-26(32(28)36)22-6-4-7-25(12-22)48(3,46)47/h4-13,15-16,24,30H,14,17-18H2,1-3H3,(H,39,45)/t24-,30+/m1/s1. The van der Waals surface area contributed by atoms with E-state index < -0.39 is 39.7 Å². The van der Waals surface area contributed by atoms with E-state index in [9.17, 15) is 27.2 Å². The van der Waals surface area contributed by atoms with Gasteiger partial charge in [-0.2, -0.15) is 5.10 Å². The van der Waals surface area contributed by atoms with Gasteiger partial charge in [-0.3, -0.25) is 19.1 Å². The Kier molecular flexibility index (Phi) is 8.60. The first kappa shape index (κ1) is 32.6. The molecule has 6 rings (SSSR count). The Morgan fingerprint density at radius 3 is 2.42 bits per heavy atom. The smallest absolute Gasteiger partial charge is 0.247 e. The van der Waals surface area contributed by atoms with E-state index in [1.165, 1.54) is 54.1 Å². The SMILES string of the molecule is CC(=O)c1nn(CC(=O)N2C[C@H](F)C[C@H]2C(=O)Nc2cccc(-c3cccc(S(C)(=O)=O)c3)c2F)c2ccc(-c3cnc(C)nc3)cc12. The van der Waals surface area contributed by atoms with E-state index in [2.05, 4.69) is 20.4 Å². The van der Waals surface area contributed by atoms with E-state index in [1.807, 2.05) is 0 Å². The van der Waals surface area contributed by atoms with Gasteiger partial charge in [0.05, 0.1) is 22.6 Å². The molecule has 1 aliphatic heterocycles. The van der Waals surface area contributed by atoms with Crippen LogP contribution in [0.5, 0.6) is 0 Å². The molecule has 3 aromatic carbocycles. The second-order valence-electron chi connectivity index (χ2n) is 11.7. The molecule has 5 aromatic rings. The number of rotatable bonds is 8. The second kappa shape index (κ2) is 12.7. The minimum absolute atomic E-state index is 0.00428. The number of benzene rings is 3. The fourth-order valence-electron chi connectivity index (χ4n) is 5.77. The van der Waals surface area contributed by atoms with Crippen molar-refractivity contribution in [2.45, 2.75) is 43.9 Å². The van der Waals surface area contributed by atoms with Crippen LogP contribution in [0.15, 0.2) is 78.0 Å². The van der Waals surface area contributed by atoms with E-state index >= 15 is 4.39 Å². The quantitative estimate of drug-likeness (QED) is 0.232. The van der Waals surface area contributed by atoms with Crippen LogP contribution in [0.4, 0.5) is 14.5 Å². The number of fused-ring (bicyclic) bond motifs is 1. The molecule has 0 bridgehead atoms. The van der Waals surface area contributed by atoms with Gasteiger partial charge in [0, 0.05) is 48.5 Å². The molecular weight excluding hydrogens is 642 g/mol. The average Bonchev–Trinajstić information content (AvgIpc) is 3.62. The Bertz CT molecular complexity index is 2200. The molecule has 0 aliphatic carbocycles. The summed E-state index contributed by atoms with van der Waals surface area (Å²) in [7, 11) is -3.55. The van der Waals surface area contributed by atoms with Gasteiger partial charge in [-0.25, -0.2) is 27.2 Å². The molecule has 11 nitrogen and oxygen atoms in total. The van der Waals surface area contributed by atoms with Gasteiger partial charge in [0.1, 0.15) is 30.3 Å². The summed E-state index contributed by atoms with van der Waals surface area (Å²) in [4.78, 5) is 49.0. The third-order valence-corrected chi connectivity index (χ3v) is 9.30. The van der Waals surface area contributed by atoms with Crippen LogP contribution in [-0.4, -0.2) is 75.7 Å². The van der Waals surface area contributed by atoms with Crippen LogP contribution in [0.2, 0.25) is 0 Å². The number of carbonyl (C=O) groups is 3. The fourth-order valence-corrected chi connectivity index (χ4v) is 6.44. The number of alkyl halides is 1. The van der Waals surface area contributed by atoms with Crippen molar-refractivity contribution in [3.63, 3.8) is 0 Å². The minimum Gasteiger partial charge on any atom is -0.326 e. The number of carbonyl (C=O) groups excluding carboxylic acids is 3. The molecule has 0 radical (unpaired) electrons. The van der Waals surface area contributed by atoms with Gasteiger partial charge in [0.25, 0.3) is 0 Å². The van der Waals surface area contributed by atoms with Gasteiger partial charge < -0.3 is 10.2 Å². The zero-order chi connectivity index (χ0) is 34.3. The summed E-state index contributed by atoms with van der Waals surface area (Å²) in [5.41, 5.74) is 2.22. The monoisotopic (exact) mass is 672 g/mol. The Hall–Kier alpha value is -5.37. The van der Waals surface area contributed by atoms with Gasteiger partial charge in [0.2, 0.25) is 11.8 Å². The average molecular weight is 673 g/mol. The molecule has 1 N–H and O–H groups in total. The van der Waals surface area contributed by atoms with E-state index in [4.69, 9.17) is 0 Å². The highest BCUT2D eigenvalue weighted by atomic mass is 32.2. The molecule has 246 valence electrons. The lowest BCUT2D eigenvalue weighted by Gasteiger charge is -2.24. The van der Waals surface area contributed by atoms with Crippen LogP contribution in [-0.2, 0) is 26.0 Å². The number of Topliss-reactive ketones (excluding diaryl/α,β-unsaturated/α-hetero) is 1. The summed E-state index contributed by atoms with van der Waals surface area (Å²) in [6.45, 7) is 2.39. The Morgan fingerprint density at radius 2 is 1.71 bits per heavy atom. The molecular formula is C34H30F2N6O5S. The van der Waals surface area contributed by atoms with Crippen LogP contribution >= 0.6 is 0 Å². The molecule has 0 saturated carbocycles. The zero-order valence-corrected chi connectivity index (χ0v) is 27.0. The molecule has 2 aromatic heterocycles. The molecule has 3 heterocycles. The van der Waals surface area contributed by atoms with Crippen molar-refractivity contribution >= 4 is 44.0 Å². The first-order valence-corrected chi connectivity index (χ1v) is 16.8. The van der Waals surface area contributed by atoms with Gasteiger partial charge in [-0.05, 0) is 48.4 Å². The predicted molar refractivity (Wildman–Crippen MR) is 174 cm³/mol. The van der Waals surface area contributed by atoms with Crippen molar-refractivity contribution in [2.24, 2.45) is 0 Å². The molecule has 48 heavy (non-hydrogen) atoms. The second-order valence-corrected chi connectivity index (χ2v) is 13.7. The maximum absolute atomic E-state index is 15.7. The summed E-state index contributed by atoms with van der Waals surface area (Å²) >= 11 is 0. The third-order valence-electron chi connectivity index (χ3n) is 8.19. The largest absolute Gasteiger partial charge is 0.326 e. The number of likely N-dealkylation sites (tertiary alicyclic amines) is 1.